The molecule has 0 saturated heterocycles. The Balaban J connectivity index is 2.38. The van der Waals surface area contributed by atoms with Crippen LogP contribution in [0.1, 0.15) is 26.2 Å². The minimum Gasteiger partial charge on any atom is -0.512 e. The molecule has 2 unspecified atom stereocenters. The van der Waals surface area contributed by atoms with Crippen molar-refractivity contribution in [3.8, 4) is 0 Å². The lowest BCUT2D eigenvalue weighted by molar-refractivity contribution is -0.147. The van der Waals surface area contributed by atoms with Crippen LogP contribution in [0.3, 0.4) is 0 Å². The number of aliphatic hydroxyl groups is 2. The molecule has 0 fully saturated rings. The summed E-state index contributed by atoms with van der Waals surface area (Å²) in [5, 5.41) is 18.8. The van der Waals surface area contributed by atoms with Crippen molar-refractivity contribution in [3.05, 3.63) is 23.0 Å². The molecule has 2 atom stereocenters. The summed E-state index contributed by atoms with van der Waals surface area (Å²) in [5.74, 6) is 0.0869. The number of carbonyl (C=O) groups excluding carboxylic acids is 1. The lowest BCUT2D eigenvalue weighted by Gasteiger charge is -2.34. The van der Waals surface area contributed by atoms with E-state index < -0.39 is 5.97 Å². The van der Waals surface area contributed by atoms with Crippen molar-refractivity contribution in [2.75, 3.05) is 6.61 Å². The van der Waals surface area contributed by atoms with Crippen LogP contribution >= 0.6 is 0 Å². The van der Waals surface area contributed by atoms with Crippen LogP contribution in [0.2, 0.25) is 0 Å². The Hall–Kier alpha value is -1.29. The fourth-order valence-corrected chi connectivity index (χ4v) is 2.33. The molecule has 0 bridgehead atoms. The molecule has 2 aliphatic rings. The van der Waals surface area contributed by atoms with Gasteiger partial charge in [0.05, 0.1) is 17.9 Å². The molecule has 2 N–H and O–H groups in total. The third-order valence-corrected chi connectivity index (χ3v) is 3.34. The molecule has 1 aliphatic carbocycles. The van der Waals surface area contributed by atoms with Gasteiger partial charge in [-0.15, -0.1) is 0 Å². The van der Waals surface area contributed by atoms with E-state index in [1.54, 1.807) is 6.08 Å². The highest BCUT2D eigenvalue weighted by Gasteiger charge is 2.36. The minimum atomic E-state index is -0.468. The second kappa shape index (κ2) is 4.29. The molecule has 0 saturated carbocycles. The molecule has 0 radical (unpaired) electrons. The average Bonchev–Trinajstić information content (AvgIpc) is 2.29. The van der Waals surface area contributed by atoms with Gasteiger partial charge in [0.1, 0.15) is 6.10 Å². The van der Waals surface area contributed by atoms with Crippen LogP contribution in [0.4, 0.5) is 0 Å². The van der Waals surface area contributed by atoms with Crippen LogP contribution in [0.15, 0.2) is 23.0 Å². The fraction of sp³-hybridized carbons (Fsp3) is 0.583. The Kier molecular flexibility index (Phi) is 3.01. The molecular formula is C12H16O4. The number of ether oxygens (including phenoxy) is 1. The topological polar surface area (TPSA) is 66.8 Å². The SMILES string of the molecule is CCC1CCC(O)=C2C=C(CO)C(=O)OC21. The quantitative estimate of drug-likeness (QED) is 0.697. The van der Waals surface area contributed by atoms with Crippen LogP contribution in [-0.2, 0) is 9.53 Å². The molecule has 4 nitrogen and oxygen atoms in total. The zero-order valence-electron chi connectivity index (χ0n) is 9.27. The number of hydrogen-bond donors (Lipinski definition) is 2. The van der Waals surface area contributed by atoms with E-state index in [4.69, 9.17) is 9.84 Å². The van der Waals surface area contributed by atoms with E-state index in [9.17, 15) is 9.90 Å². The van der Waals surface area contributed by atoms with E-state index in [0.29, 0.717) is 12.0 Å². The highest BCUT2D eigenvalue weighted by molar-refractivity contribution is 5.91. The first-order valence-corrected chi connectivity index (χ1v) is 5.61. The Morgan fingerprint density at radius 3 is 2.94 bits per heavy atom. The minimum absolute atomic E-state index is 0.217. The maximum absolute atomic E-state index is 11.5. The smallest absolute Gasteiger partial charge is 0.336 e. The van der Waals surface area contributed by atoms with E-state index in [1.165, 1.54) is 0 Å². The van der Waals surface area contributed by atoms with Gasteiger partial charge in [-0.3, -0.25) is 0 Å². The van der Waals surface area contributed by atoms with Gasteiger partial charge in [0.2, 0.25) is 0 Å². The van der Waals surface area contributed by atoms with Crippen molar-refractivity contribution in [2.24, 2.45) is 5.92 Å². The van der Waals surface area contributed by atoms with Gasteiger partial charge in [-0.2, -0.15) is 0 Å². The van der Waals surface area contributed by atoms with Crippen molar-refractivity contribution in [1.29, 1.82) is 0 Å². The van der Waals surface area contributed by atoms with E-state index >= 15 is 0 Å². The van der Waals surface area contributed by atoms with Gasteiger partial charge < -0.3 is 14.9 Å². The zero-order chi connectivity index (χ0) is 11.7. The van der Waals surface area contributed by atoms with Crippen molar-refractivity contribution in [2.45, 2.75) is 32.3 Å². The predicted octanol–water partition coefficient (Wildman–Crippen LogP) is 1.46. The Morgan fingerprint density at radius 1 is 1.56 bits per heavy atom. The monoisotopic (exact) mass is 224 g/mol. The van der Waals surface area contributed by atoms with E-state index in [2.05, 4.69) is 0 Å². The van der Waals surface area contributed by atoms with Crippen molar-refractivity contribution >= 4 is 5.97 Å². The summed E-state index contributed by atoms with van der Waals surface area (Å²) in [6.45, 7) is 1.70. The highest BCUT2D eigenvalue weighted by Crippen LogP contribution is 2.36. The van der Waals surface area contributed by atoms with Crippen LogP contribution in [-0.4, -0.2) is 28.9 Å². The first-order chi connectivity index (χ1) is 7.67. The molecule has 0 aromatic rings. The van der Waals surface area contributed by atoms with Gasteiger partial charge >= 0.3 is 5.97 Å². The first kappa shape index (κ1) is 11.2. The van der Waals surface area contributed by atoms with Crippen molar-refractivity contribution in [1.82, 2.24) is 0 Å². The molecule has 1 heterocycles. The fourth-order valence-electron chi connectivity index (χ4n) is 2.33. The maximum atomic E-state index is 11.5. The number of fused-ring (bicyclic) bond motifs is 1. The number of aliphatic hydroxyl groups excluding tert-OH is 2. The third kappa shape index (κ3) is 1.73. The van der Waals surface area contributed by atoms with Crippen LogP contribution in [0.5, 0.6) is 0 Å². The molecule has 0 aromatic heterocycles. The van der Waals surface area contributed by atoms with Gasteiger partial charge in [0, 0.05) is 17.9 Å². The molecule has 1 aliphatic heterocycles. The summed E-state index contributed by atoms with van der Waals surface area (Å²) >= 11 is 0. The summed E-state index contributed by atoms with van der Waals surface area (Å²) < 4.78 is 5.28. The Labute approximate surface area is 94.2 Å². The zero-order valence-corrected chi connectivity index (χ0v) is 9.27. The van der Waals surface area contributed by atoms with Crippen LogP contribution in [0, 0.1) is 5.92 Å². The van der Waals surface area contributed by atoms with Gasteiger partial charge in [0.25, 0.3) is 0 Å². The standard InChI is InChI=1S/C12H16O4/c1-2-7-3-4-10(14)9-5-8(6-13)12(15)16-11(7)9/h5,7,11,13-14H,2-4,6H2,1H3. The number of rotatable bonds is 2. The van der Waals surface area contributed by atoms with E-state index in [0.717, 1.165) is 12.8 Å². The summed E-state index contributed by atoms with van der Waals surface area (Å²) in [7, 11) is 0. The Morgan fingerprint density at radius 2 is 2.31 bits per heavy atom. The molecule has 4 heteroatoms. The normalized spacial score (nSPS) is 29.6. The average molecular weight is 224 g/mol. The van der Waals surface area contributed by atoms with Gasteiger partial charge in [-0.1, -0.05) is 6.92 Å². The van der Waals surface area contributed by atoms with Gasteiger partial charge in [-0.05, 0) is 18.9 Å². The molecule has 2 rings (SSSR count). The summed E-state index contributed by atoms with van der Waals surface area (Å²) in [4.78, 5) is 11.5. The summed E-state index contributed by atoms with van der Waals surface area (Å²) in [6.07, 6.45) is 3.62. The van der Waals surface area contributed by atoms with Gasteiger partial charge in [0.15, 0.2) is 0 Å². The number of carbonyl (C=O) groups is 1. The molecule has 16 heavy (non-hydrogen) atoms. The highest BCUT2D eigenvalue weighted by atomic mass is 16.5. The summed E-state index contributed by atoms with van der Waals surface area (Å²) in [5.41, 5.74) is 0.885. The van der Waals surface area contributed by atoms with E-state index in [1.807, 2.05) is 6.92 Å². The summed E-state index contributed by atoms with van der Waals surface area (Å²) in [6, 6.07) is 0. The molecular weight excluding hydrogens is 208 g/mol. The van der Waals surface area contributed by atoms with Gasteiger partial charge in [-0.25, -0.2) is 4.79 Å². The number of hydrogen-bond acceptors (Lipinski definition) is 4. The lowest BCUT2D eigenvalue weighted by Crippen LogP contribution is -2.36. The molecule has 88 valence electrons. The van der Waals surface area contributed by atoms with Crippen LogP contribution in [0.25, 0.3) is 0 Å². The maximum Gasteiger partial charge on any atom is 0.336 e. The molecule has 0 amide bonds. The molecule has 0 aromatic carbocycles. The molecule has 0 spiro atoms. The van der Waals surface area contributed by atoms with E-state index in [-0.39, 0.29) is 30.0 Å². The number of allylic oxidation sites excluding steroid dienone is 1. The second-order valence-corrected chi connectivity index (χ2v) is 4.26. The van der Waals surface area contributed by atoms with Crippen LogP contribution < -0.4 is 0 Å². The first-order valence-electron chi connectivity index (χ1n) is 5.61. The third-order valence-electron chi connectivity index (χ3n) is 3.34. The second-order valence-electron chi connectivity index (χ2n) is 4.26. The predicted molar refractivity (Wildman–Crippen MR) is 57.7 cm³/mol. The largest absolute Gasteiger partial charge is 0.512 e. The van der Waals surface area contributed by atoms with Crippen molar-refractivity contribution in [3.63, 3.8) is 0 Å². The van der Waals surface area contributed by atoms with Crippen molar-refractivity contribution < 1.29 is 19.7 Å². The Bertz CT molecular complexity index is 367. The number of esters is 1. The lowest BCUT2D eigenvalue weighted by atomic mass is 9.81.